The van der Waals surface area contributed by atoms with Gasteiger partial charge in [-0.15, -0.1) is 0 Å². The molecule has 2 rings (SSSR count). The highest BCUT2D eigenvalue weighted by Gasteiger charge is 2.37. The second-order valence-corrected chi connectivity index (χ2v) is 7.08. The summed E-state index contributed by atoms with van der Waals surface area (Å²) in [5, 5.41) is 14.1. The van der Waals surface area contributed by atoms with Crippen LogP contribution in [0.4, 0.5) is 32.0 Å². The highest BCUT2D eigenvalue weighted by Crippen LogP contribution is 2.37. The number of anilines is 1. The molecule has 0 bridgehead atoms. The number of likely N-dealkylation sites (tertiary alicyclic amines) is 1. The average molecular weight is 448 g/mol. The van der Waals surface area contributed by atoms with Crippen molar-refractivity contribution in [1.29, 1.82) is 5.26 Å². The SMILES string of the molecule is N#CC=C(NCCCN1CCCCCC1=O)Nc1cc(C(F)(F)F)cc(C(F)(F)F)c1. The molecule has 11 heteroatoms. The zero-order valence-electron chi connectivity index (χ0n) is 16.5. The molecule has 1 aliphatic heterocycles. The molecular formula is C20H22F6N4O. The predicted octanol–water partition coefficient (Wildman–Crippen LogP) is 4.88. The van der Waals surface area contributed by atoms with Crippen molar-refractivity contribution in [2.75, 3.05) is 25.0 Å². The lowest BCUT2D eigenvalue weighted by Crippen LogP contribution is -2.33. The second kappa shape index (κ2) is 10.4. The van der Waals surface area contributed by atoms with Crippen LogP contribution in [0.5, 0.6) is 0 Å². The normalized spacial score (nSPS) is 16.0. The van der Waals surface area contributed by atoms with Gasteiger partial charge in [0.1, 0.15) is 5.82 Å². The van der Waals surface area contributed by atoms with Gasteiger partial charge in [0.25, 0.3) is 0 Å². The van der Waals surface area contributed by atoms with E-state index in [0.717, 1.165) is 25.3 Å². The fourth-order valence-electron chi connectivity index (χ4n) is 3.15. The summed E-state index contributed by atoms with van der Waals surface area (Å²) in [5.74, 6) is 0.0178. The number of nitriles is 1. The van der Waals surface area contributed by atoms with Crippen molar-refractivity contribution in [3.05, 3.63) is 41.2 Å². The molecule has 0 atom stereocenters. The molecule has 5 nitrogen and oxygen atoms in total. The van der Waals surface area contributed by atoms with Crippen LogP contribution in [-0.4, -0.2) is 30.4 Å². The molecule has 2 N–H and O–H groups in total. The zero-order chi connectivity index (χ0) is 23.1. The summed E-state index contributed by atoms with van der Waals surface area (Å²) >= 11 is 0. The third-order valence-electron chi connectivity index (χ3n) is 4.67. The van der Waals surface area contributed by atoms with Crippen LogP contribution in [0.3, 0.4) is 0 Å². The van der Waals surface area contributed by atoms with E-state index >= 15 is 0 Å². The first-order chi connectivity index (χ1) is 14.5. The Balaban J connectivity index is 2.05. The van der Waals surface area contributed by atoms with Crippen molar-refractivity contribution in [2.45, 2.75) is 44.5 Å². The van der Waals surface area contributed by atoms with Gasteiger partial charge in [0.15, 0.2) is 0 Å². The minimum Gasteiger partial charge on any atom is -0.371 e. The van der Waals surface area contributed by atoms with Gasteiger partial charge in [0.05, 0.1) is 23.3 Å². The quantitative estimate of drug-likeness (QED) is 0.354. The molecule has 1 aliphatic rings. The number of nitrogens with one attached hydrogen (secondary N) is 2. The van der Waals surface area contributed by atoms with Gasteiger partial charge in [0.2, 0.25) is 5.91 Å². The van der Waals surface area contributed by atoms with E-state index in [-0.39, 0.29) is 24.3 Å². The smallest absolute Gasteiger partial charge is 0.371 e. The van der Waals surface area contributed by atoms with Gasteiger partial charge in [-0.25, -0.2) is 0 Å². The molecule has 1 saturated heterocycles. The van der Waals surface area contributed by atoms with Crippen LogP contribution in [0.1, 0.15) is 43.2 Å². The monoisotopic (exact) mass is 448 g/mol. The van der Waals surface area contributed by atoms with Crippen LogP contribution in [0, 0.1) is 11.3 Å². The van der Waals surface area contributed by atoms with Crippen molar-refractivity contribution >= 4 is 11.6 Å². The maximum Gasteiger partial charge on any atom is 0.416 e. The summed E-state index contributed by atoms with van der Waals surface area (Å²) in [5.41, 5.74) is -3.37. The molecule has 1 fully saturated rings. The van der Waals surface area contributed by atoms with Crippen molar-refractivity contribution in [2.24, 2.45) is 0 Å². The number of halogens is 6. The van der Waals surface area contributed by atoms with Gasteiger partial charge in [0, 0.05) is 31.7 Å². The Morgan fingerprint density at radius 1 is 1.06 bits per heavy atom. The summed E-state index contributed by atoms with van der Waals surface area (Å²) in [6.45, 7) is 1.38. The van der Waals surface area contributed by atoms with E-state index in [4.69, 9.17) is 5.26 Å². The van der Waals surface area contributed by atoms with Gasteiger partial charge >= 0.3 is 12.4 Å². The first-order valence-corrected chi connectivity index (χ1v) is 9.68. The molecule has 0 spiro atoms. The van der Waals surface area contributed by atoms with E-state index < -0.39 is 29.2 Å². The number of rotatable bonds is 7. The average Bonchev–Trinajstić information content (AvgIpc) is 2.88. The molecule has 0 saturated carbocycles. The summed E-state index contributed by atoms with van der Waals surface area (Å²) in [7, 11) is 0. The Labute approximate surface area is 175 Å². The summed E-state index contributed by atoms with van der Waals surface area (Å²) in [6, 6.07) is 2.80. The number of allylic oxidation sites excluding steroid dienone is 1. The molecular weight excluding hydrogens is 426 g/mol. The highest BCUT2D eigenvalue weighted by molar-refractivity contribution is 5.76. The van der Waals surface area contributed by atoms with E-state index in [2.05, 4.69) is 10.6 Å². The van der Waals surface area contributed by atoms with Crippen LogP contribution in [-0.2, 0) is 17.1 Å². The number of hydrogen-bond acceptors (Lipinski definition) is 4. The van der Waals surface area contributed by atoms with E-state index in [9.17, 15) is 31.1 Å². The molecule has 170 valence electrons. The Kier molecular flexibility index (Phi) is 8.19. The lowest BCUT2D eigenvalue weighted by atomic mass is 10.1. The van der Waals surface area contributed by atoms with Gasteiger partial charge in [-0.2, -0.15) is 31.6 Å². The summed E-state index contributed by atoms with van der Waals surface area (Å²) in [4.78, 5) is 13.7. The molecule has 31 heavy (non-hydrogen) atoms. The molecule has 0 aromatic heterocycles. The Morgan fingerprint density at radius 2 is 1.71 bits per heavy atom. The molecule has 0 unspecified atom stereocenters. The number of amides is 1. The number of alkyl halides is 6. The van der Waals surface area contributed by atoms with Crippen LogP contribution < -0.4 is 10.6 Å². The molecule has 1 heterocycles. The van der Waals surface area contributed by atoms with Crippen LogP contribution >= 0.6 is 0 Å². The number of hydrogen-bond donors (Lipinski definition) is 2. The van der Waals surface area contributed by atoms with Crippen LogP contribution in [0.25, 0.3) is 0 Å². The second-order valence-electron chi connectivity index (χ2n) is 7.08. The first-order valence-electron chi connectivity index (χ1n) is 9.68. The number of carbonyl (C=O) groups excluding carboxylic acids is 1. The van der Waals surface area contributed by atoms with E-state index in [1.165, 1.54) is 0 Å². The van der Waals surface area contributed by atoms with E-state index in [1.54, 1.807) is 11.0 Å². The van der Waals surface area contributed by atoms with Gasteiger partial charge < -0.3 is 15.5 Å². The minimum atomic E-state index is -4.97. The summed E-state index contributed by atoms with van der Waals surface area (Å²) in [6.07, 6.45) is -5.26. The van der Waals surface area contributed by atoms with E-state index in [0.29, 0.717) is 38.1 Å². The van der Waals surface area contributed by atoms with Gasteiger partial charge in [-0.05, 0) is 37.5 Å². The van der Waals surface area contributed by atoms with Crippen LogP contribution in [0.2, 0.25) is 0 Å². The maximum absolute atomic E-state index is 13.0. The Bertz CT molecular complexity index is 809. The van der Waals surface area contributed by atoms with Gasteiger partial charge in [-0.3, -0.25) is 4.79 Å². The first kappa shape index (κ1) is 24.4. The zero-order valence-corrected chi connectivity index (χ0v) is 16.5. The standard InChI is InChI=1S/C20H22F6N4O/c21-19(22,23)14-11-15(20(24,25)26)13-16(12-14)29-17(6-7-27)28-8-4-10-30-9-3-1-2-5-18(30)31/h6,11-13,28-29H,1-5,8-10H2. The third kappa shape index (κ3) is 7.70. The number of carbonyl (C=O) groups is 1. The lowest BCUT2D eigenvalue weighted by molar-refractivity contribution is -0.143. The topological polar surface area (TPSA) is 68.2 Å². The van der Waals surface area contributed by atoms with Crippen molar-refractivity contribution in [3.63, 3.8) is 0 Å². The number of nitrogens with zero attached hydrogens (tertiary/aromatic N) is 2. The molecule has 0 radical (unpaired) electrons. The van der Waals surface area contributed by atoms with Gasteiger partial charge in [-0.1, -0.05) is 6.42 Å². The Hall–Kier alpha value is -2.90. The van der Waals surface area contributed by atoms with Crippen molar-refractivity contribution < 1.29 is 31.1 Å². The van der Waals surface area contributed by atoms with Crippen LogP contribution in [0.15, 0.2) is 30.1 Å². The number of benzene rings is 1. The molecule has 1 amide bonds. The predicted molar refractivity (Wildman–Crippen MR) is 101 cm³/mol. The third-order valence-corrected chi connectivity index (χ3v) is 4.67. The molecule has 1 aromatic rings. The van der Waals surface area contributed by atoms with Crippen molar-refractivity contribution in [1.82, 2.24) is 10.2 Å². The fourth-order valence-corrected chi connectivity index (χ4v) is 3.15. The molecule has 1 aromatic carbocycles. The molecule has 0 aliphatic carbocycles. The summed E-state index contributed by atoms with van der Waals surface area (Å²) < 4.78 is 78.0. The largest absolute Gasteiger partial charge is 0.416 e. The van der Waals surface area contributed by atoms with Crippen molar-refractivity contribution in [3.8, 4) is 6.07 Å². The maximum atomic E-state index is 13.0. The highest BCUT2D eigenvalue weighted by atomic mass is 19.4. The Morgan fingerprint density at radius 3 is 2.29 bits per heavy atom. The lowest BCUT2D eigenvalue weighted by Gasteiger charge is -2.21. The minimum absolute atomic E-state index is 0.0322. The van der Waals surface area contributed by atoms with E-state index in [1.807, 2.05) is 0 Å². The fraction of sp³-hybridized carbons (Fsp3) is 0.500.